The molecule has 1 N–H and O–H groups in total. The van der Waals surface area contributed by atoms with Crippen molar-refractivity contribution in [2.75, 3.05) is 50.8 Å². The zero-order valence-corrected chi connectivity index (χ0v) is 14.7. The summed E-state index contributed by atoms with van der Waals surface area (Å²) in [6.45, 7) is 4.64. The van der Waals surface area contributed by atoms with Gasteiger partial charge in [0.15, 0.2) is 0 Å². The first-order valence-electron chi connectivity index (χ1n) is 8.73. The van der Waals surface area contributed by atoms with Crippen LogP contribution in [0.15, 0.2) is 24.3 Å². The van der Waals surface area contributed by atoms with Gasteiger partial charge in [-0.15, -0.1) is 0 Å². The van der Waals surface area contributed by atoms with Crippen LogP contribution in [-0.2, 0) is 14.3 Å². The van der Waals surface area contributed by atoms with Gasteiger partial charge in [0.05, 0.1) is 5.69 Å². The summed E-state index contributed by atoms with van der Waals surface area (Å²) < 4.78 is 19.0. The van der Waals surface area contributed by atoms with Gasteiger partial charge in [0, 0.05) is 32.7 Å². The van der Waals surface area contributed by atoms with Gasteiger partial charge < -0.3 is 19.9 Å². The van der Waals surface area contributed by atoms with Crippen LogP contribution in [-0.4, -0.2) is 62.7 Å². The molecule has 7 heteroatoms. The minimum Gasteiger partial charge on any atom is -0.366 e. The van der Waals surface area contributed by atoms with E-state index >= 15 is 0 Å². The smallest absolute Gasteiger partial charge is 0.248 e. The molecule has 1 heterocycles. The third-order valence-corrected chi connectivity index (χ3v) is 4.14. The Morgan fingerprint density at radius 2 is 1.88 bits per heavy atom. The van der Waals surface area contributed by atoms with Crippen molar-refractivity contribution in [1.82, 2.24) is 10.2 Å². The number of carbonyl (C=O) groups excluding carboxylic acids is 2. The van der Waals surface area contributed by atoms with Crippen molar-refractivity contribution < 1.29 is 18.7 Å². The molecule has 1 fully saturated rings. The number of hydrogen-bond acceptors (Lipinski definition) is 4. The summed E-state index contributed by atoms with van der Waals surface area (Å²) in [6.07, 6.45) is 1.94. The molecule has 1 aromatic rings. The number of unbranched alkanes of at least 4 members (excludes halogenated alkanes) is 1. The molecule has 6 nitrogen and oxygen atoms in total. The van der Waals surface area contributed by atoms with Gasteiger partial charge in [-0.25, -0.2) is 4.39 Å². The van der Waals surface area contributed by atoms with E-state index in [1.54, 1.807) is 23.1 Å². The fraction of sp³-hybridized carbons (Fsp3) is 0.556. The van der Waals surface area contributed by atoms with Gasteiger partial charge in [-0.2, -0.15) is 0 Å². The first kappa shape index (κ1) is 19.2. The topological polar surface area (TPSA) is 61.9 Å². The molecule has 0 unspecified atom stereocenters. The Hall–Kier alpha value is -2.15. The first-order valence-corrected chi connectivity index (χ1v) is 8.73. The van der Waals surface area contributed by atoms with Crippen molar-refractivity contribution in [1.29, 1.82) is 0 Å². The summed E-state index contributed by atoms with van der Waals surface area (Å²) in [5.41, 5.74) is 0.564. The fourth-order valence-corrected chi connectivity index (χ4v) is 2.68. The number of nitrogens with one attached hydrogen (secondary N) is 1. The van der Waals surface area contributed by atoms with Crippen LogP contribution in [0.1, 0.15) is 19.8 Å². The van der Waals surface area contributed by atoms with Gasteiger partial charge in [-0.1, -0.05) is 25.5 Å². The number of ether oxygens (including phenoxy) is 1. The highest BCUT2D eigenvalue weighted by atomic mass is 19.1. The Labute approximate surface area is 147 Å². The van der Waals surface area contributed by atoms with Crippen molar-refractivity contribution in [3.05, 3.63) is 30.1 Å². The van der Waals surface area contributed by atoms with E-state index < -0.39 is 0 Å². The molecule has 0 radical (unpaired) electrons. The maximum atomic E-state index is 13.8. The van der Waals surface area contributed by atoms with Gasteiger partial charge in [-0.3, -0.25) is 9.59 Å². The lowest BCUT2D eigenvalue weighted by Gasteiger charge is -2.36. The second-order valence-electron chi connectivity index (χ2n) is 6.02. The van der Waals surface area contributed by atoms with Gasteiger partial charge in [0.1, 0.15) is 19.0 Å². The summed E-state index contributed by atoms with van der Waals surface area (Å²) >= 11 is 0. The summed E-state index contributed by atoms with van der Waals surface area (Å²) in [7, 11) is 0. The summed E-state index contributed by atoms with van der Waals surface area (Å²) in [5, 5.41) is 2.74. The standard InChI is InChI=1S/C18H26FN3O3/c1-2-3-8-20-17(23)13-25-14-18(24)22-11-9-21(10-12-22)16-7-5-4-6-15(16)19/h4-7H,2-3,8-14H2,1H3,(H,20,23). The largest absolute Gasteiger partial charge is 0.366 e. The van der Waals surface area contributed by atoms with E-state index in [1.807, 2.05) is 11.8 Å². The highest BCUT2D eigenvalue weighted by molar-refractivity contribution is 5.79. The molecule has 1 aliphatic heterocycles. The van der Waals surface area contributed by atoms with Gasteiger partial charge in [-0.05, 0) is 18.6 Å². The van der Waals surface area contributed by atoms with E-state index in [1.165, 1.54) is 6.07 Å². The van der Waals surface area contributed by atoms with E-state index in [9.17, 15) is 14.0 Å². The number of benzene rings is 1. The number of rotatable bonds is 8. The lowest BCUT2D eigenvalue weighted by atomic mass is 10.2. The molecule has 2 amide bonds. The van der Waals surface area contributed by atoms with E-state index in [0.29, 0.717) is 38.4 Å². The van der Waals surface area contributed by atoms with Gasteiger partial charge in [0.25, 0.3) is 0 Å². The van der Waals surface area contributed by atoms with Crippen LogP contribution >= 0.6 is 0 Å². The van der Waals surface area contributed by atoms with Crippen LogP contribution in [0.3, 0.4) is 0 Å². The van der Waals surface area contributed by atoms with Gasteiger partial charge >= 0.3 is 0 Å². The number of amides is 2. The minimum absolute atomic E-state index is 0.107. The Bertz CT molecular complexity index is 574. The van der Waals surface area contributed by atoms with Crippen LogP contribution in [0.5, 0.6) is 0 Å². The number of anilines is 1. The number of halogens is 1. The van der Waals surface area contributed by atoms with E-state index in [0.717, 1.165) is 12.8 Å². The number of hydrogen-bond donors (Lipinski definition) is 1. The second kappa shape index (κ2) is 9.98. The number of piperazine rings is 1. The Morgan fingerprint density at radius 1 is 1.16 bits per heavy atom. The molecule has 0 spiro atoms. The highest BCUT2D eigenvalue weighted by Crippen LogP contribution is 2.20. The molecule has 1 saturated heterocycles. The van der Waals surface area contributed by atoms with Crippen LogP contribution in [0.2, 0.25) is 0 Å². The number of para-hydroxylation sites is 1. The molecule has 1 aliphatic rings. The average Bonchev–Trinajstić information content (AvgIpc) is 2.62. The molecular weight excluding hydrogens is 325 g/mol. The van der Waals surface area contributed by atoms with Gasteiger partial charge in [0.2, 0.25) is 11.8 Å². The van der Waals surface area contributed by atoms with Crippen LogP contribution < -0.4 is 10.2 Å². The predicted octanol–water partition coefficient (Wildman–Crippen LogP) is 1.41. The summed E-state index contributed by atoms with van der Waals surface area (Å²) in [4.78, 5) is 27.2. The SMILES string of the molecule is CCCCNC(=O)COCC(=O)N1CCN(c2ccccc2F)CC1. The molecule has 0 aliphatic carbocycles. The van der Waals surface area contributed by atoms with Crippen molar-refractivity contribution in [2.24, 2.45) is 0 Å². The third-order valence-electron chi connectivity index (χ3n) is 4.14. The predicted molar refractivity (Wildman–Crippen MR) is 93.9 cm³/mol. The fourth-order valence-electron chi connectivity index (χ4n) is 2.68. The number of nitrogens with zero attached hydrogens (tertiary/aromatic N) is 2. The zero-order chi connectivity index (χ0) is 18.1. The molecule has 0 bridgehead atoms. The Morgan fingerprint density at radius 3 is 2.56 bits per heavy atom. The van der Waals surface area contributed by atoms with Crippen LogP contribution in [0, 0.1) is 5.82 Å². The van der Waals surface area contributed by atoms with Crippen molar-refractivity contribution >= 4 is 17.5 Å². The van der Waals surface area contributed by atoms with Crippen molar-refractivity contribution in [3.63, 3.8) is 0 Å². The summed E-state index contributed by atoms with van der Waals surface area (Å²) in [5.74, 6) is -0.597. The van der Waals surface area contributed by atoms with Crippen molar-refractivity contribution in [2.45, 2.75) is 19.8 Å². The molecule has 25 heavy (non-hydrogen) atoms. The van der Waals surface area contributed by atoms with E-state index in [2.05, 4.69) is 5.32 Å². The Balaban J connectivity index is 1.67. The Kier molecular flexibility index (Phi) is 7.66. The molecule has 2 rings (SSSR count). The normalized spacial score (nSPS) is 14.5. The average molecular weight is 351 g/mol. The second-order valence-corrected chi connectivity index (χ2v) is 6.02. The summed E-state index contributed by atoms with van der Waals surface area (Å²) in [6, 6.07) is 6.64. The van der Waals surface area contributed by atoms with E-state index in [-0.39, 0.29) is 30.8 Å². The first-order chi connectivity index (χ1) is 12.1. The lowest BCUT2D eigenvalue weighted by molar-refractivity contribution is -0.138. The molecular formula is C18H26FN3O3. The molecule has 0 aromatic heterocycles. The van der Waals surface area contributed by atoms with E-state index in [4.69, 9.17) is 4.74 Å². The maximum Gasteiger partial charge on any atom is 0.248 e. The highest BCUT2D eigenvalue weighted by Gasteiger charge is 2.22. The quantitative estimate of drug-likeness (QED) is 0.720. The van der Waals surface area contributed by atoms with Crippen LogP contribution in [0.25, 0.3) is 0 Å². The monoisotopic (exact) mass is 351 g/mol. The molecule has 138 valence electrons. The molecule has 1 aromatic carbocycles. The molecule has 0 saturated carbocycles. The zero-order valence-electron chi connectivity index (χ0n) is 14.7. The minimum atomic E-state index is -0.250. The number of carbonyl (C=O) groups is 2. The third kappa shape index (κ3) is 6.01. The molecule has 0 atom stereocenters. The maximum absolute atomic E-state index is 13.8. The van der Waals surface area contributed by atoms with Crippen LogP contribution in [0.4, 0.5) is 10.1 Å². The lowest BCUT2D eigenvalue weighted by Crippen LogP contribution is -2.50. The van der Waals surface area contributed by atoms with Crippen molar-refractivity contribution in [3.8, 4) is 0 Å².